The molecule has 0 spiro atoms. The third-order valence-electron chi connectivity index (χ3n) is 4.38. The van der Waals surface area contributed by atoms with E-state index in [4.69, 9.17) is 4.74 Å². The van der Waals surface area contributed by atoms with Crippen molar-refractivity contribution in [3.8, 4) is 0 Å². The molecule has 2 atom stereocenters. The normalized spacial score (nSPS) is 20.9. The first-order chi connectivity index (χ1) is 11.2. The Kier molecular flexibility index (Phi) is 4.71. The van der Waals surface area contributed by atoms with E-state index in [0.29, 0.717) is 25.3 Å². The van der Waals surface area contributed by atoms with Gasteiger partial charge in [-0.25, -0.2) is 0 Å². The maximum absolute atomic E-state index is 12.7. The first-order valence-corrected chi connectivity index (χ1v) is 7.94. The van der Waals surface area contributed by atoms with Crippen molar-refractivity contribution in [1.82, 2.24) is 19.7 Å². The fraction of sp³-hybridized carbons (Fsp3) is 0.471. The lowest BCUT2D eigenvalue weighted by atomic mass is 9.93. The highest BCUT2D eigenvalue weighted by molar-refractivity contribution is 5.94. The second kappa shape index (κ2) is 6.91. The van der Waals surface area contributed by atoms with Crippen molar-refractivity contribution in [3.05, 3.63) is 48.0 Å². The van der Waals surface area contributed by atoms with Crippen LogP contribution in [0.3, 0.4) is 0 Å². The predicted molar refractivity (Wildman–Crippen MR) is 86.1 cm³/mol. The van der Waals surface area contributed by atoms with Gasteiger partial charge in [-0.3, -0.25) is 14.5 Å². The van der Waals surface area contributed by atoms with Gasteiger partial charge in [0.15, 0.2) is 0 Å². The van der Waals surface area contributed by atoms with E-state index >= 15 is 0 Å². The molecule has 1 saturated heterocycles. The summed E-state index contributed by atoms with van der Waals surface area (Å²) in [5.41, 5.74) is 1.67. The van der Waals surface area contributed by atoms with Crippen molar-refractivity contribution in [2.24, 2.45) is 5.92 Å². The number of likely N-dealkylation sites (tertiary alicyclic amines) is 1. The van der Waals surface area contributed by atoms with Crippen LogP contribution in [0.25, 0.3) is 0 Å². The SMILES string of the molecule is CCn1cc(C(=O)N2C[C@@H](COC)[C@H](c3ccccn3)C2)cn1. The number of aryl methyl sites for hydroxylation is 1. The average Bonchev–Trinajstić information content (AvgIpc) is 3.22. The molecule has 3 rings (SSSR count). The van der Waals surface area contributed by atoms with Crippen LogP contribution in [0.15, 0.2) is 36.8 Å². The van der Waals surface area contributed by atoms with E-state index in [2.05, 4.69) is 10.1 Å². The molecule has 3 heterocycles. The molecule has 0 N–H and O–H groups in total. The summed E-state index contributed by atoms with van der Waals surface area (Å²) in [5.74, 6) is 0.505. The van der Waals surface area contributed by atoms with Gasteiger partial charge in [-0.2, -0.15) is 5.10 Å². The average molecular weight is 314 g/mol. The lowest BCUT2D eigenvalue weighted by Crippen LogP contribution is -2.29. The Bertz CT molecular complexity index is 656. The van der Waals surface area contributed by atoms with Gasteiger partial charge >= 0.3 is 0 Å². The van der Waals surface area contributed by atoms with Gasteiger partial charge in [-0.05, 0) is 19.1 Å². The molecule has 1 aliphatic rings. The Morgan fingerprint density at radius 1 is 1.39 bits per heavy atom. The molecule has 1 amide bonds. The van der Waals surface area contributed by atoms with E-state index in [-0.39, 0.29) is 17.7 Å². The smallest absolute Gasteiger partial charge is 0.257 e. The van der Waals surface area contributed by atoms with Gasteiger partial charge in [0, 0.05) is 56.7 Å². The van der Waals surface area contributed by atoms with Crippen molar-refractivity contribution in [2.45, 2.75) is 19.4 Å². The number of rotatable bonds is 5. The zero-order valence-electron chi connectivity index (χ0n) is 13.6. The predicted octanol–water partition coefficient (Wildman–Crippen LogP) is 1.80. The summed E-state index contributed by atoms with van der Waals surface area (Å²) in [6.07, 6.45) is 5.25. The zero-order chi connectivity index (χ0) is 16.2. The molecule has 122 valence electrons. The van der Waals surface area contributed by atoms with Crippen molar-refractivity contribution >= 4 is 5.91 Å². The van der Waals surface area contributed by atoms with Crippen molar-refractivity contribution in [2.75, 3.05) is 26.8 Å². The van der Waals surface area contributed by atoms with Crippen LogP contribution in [0.2, 0.25) is 0 Å². The first kappa shape index (κ1) is 15.7. The highest BCUT2D eigenvalue weighted by atomic mass is 16.5. The van der Waals surface area contributed by atoms with Crippen LogP contribution in [0.1, 0.15) is 28.9 Å². The maximum Gasteiger partial charge on any atom is 0.257 e. The Morgan fingerprint density at radius 3 is 2.91 bits per heavy atom. The van der Waals surface area contributed by atoms with Gasteiger partial charge in [-0.1, -0.05) is 6.07 Å². The van der Waals surface area contributed by atoms with Gasteiger partial charge < -0.3 is 9.64 Å². The van der Waals surface area contributed by atoms with Crippen LogP contribution in [-0.4, -0.2) is 52.4 Å². The van der Waals surface area contributed by atoms with E-state index < -0.39 is 0 Å². The Labute approximate surface area is 136 Å². The van der Waals surface area contributed by atoms with Crippen LogP contribution >= 0.6 is 0 Å². The van der Waals surface area contributed by atoms with Crippen molar-refractivity contribution < 1.29 is 9.53 Å². The molecular weight excluding hydrogens is 292 g/mol. The largest absolute Gasteiger partial charge is 0.384 e. The fourth-order valence-electron chi connectivity index (χ4n) is 3.18. The second-order valence-electron chi connectivity index (χ2n) is 5.87. The third-order valence-corrected chi connectivity index (χ3v) is 4.38. The van der Waals surface area contributed by atoms with Gasteiger partial charge in [0.05, 0.1) is 18.4 Å². The molecule has 0 aliphatic carbocycles. The summed E-state index contributed by atoms with van der Waals surface area (Å²) in [4.78, 5) is 19.1. The van der Waals surface area contributed by atoms with E-state index in [1.165, 1.54) is 0 Å². The Balaban J connectivity index is 1.78. The second-order valence-corrected chi connectivity index (χ2v) is 5.87. The molecule has 23 heavy (non-hydrogen) atoms. The van der Waals surface area contributed by atoms with Crippen LogP contribution in [0, 0.1) is 5.92 Å². The van der Waals surface area contributed by atoms with Crippen LogP contribution < -0.4 is 0 Å². The summed E-state index contributed by atoms with van der Waals surface area (Å²) in [6.45, 7) is 4.74. The van der Waals surface area contributed by atoms with E-state index in [1.807, 2.05) is 36.2 Å². The number of aromatic nitrogens is 3. The van der Waals surface area contributed by atoms with Crippen LogP contribution in [-0.2, 0) is 11.3 Å². The van der Waals surface area contributed by atoms with Crippen LogP contribution in [0.4, 0.5) is 0 Å². The van der Waals surface area contributed by atoms with Crippen molar-refractivity contribution in [1.29, 1.82) is 0 Å². The zero-order valence-corrected chi connectivity index (χ0v) is 13.6. The number of carbonyl (C=O) groups excluding carboxylic acids is 1. The highest BCUT2D eigenvalue weighted by Gasteiger charge is 2.37. The standard InChI is InChI=1S/C17H22N4O2/c1-3-21-10-13(8-19-21)17(22)20-9-14(12-23-2)15(11-20)16-6-4-5-7-18-16/h4-8,10,14-15H,3,9,11-12H2,1-2H3/t14-,15+/m0/s1. The van der Waals surface area contributed by atoms with E-state index in [1.54, 1.807) is 24.2 Å². The summed E-state index contributed by atoms with van der Waals surface area (Å²) in [7, 11) is 1.70. The van der Waals surface area contributed by atoms with Gasteiger partial charge in [0.1, 0.15) is 0 Å². The van der Waals surface area contributed by atoms with Gasteiger partial charge in [0.25, 0.3) is 5.91 Å². The molecule has 2 aromatic heterocycles. The number of carbonyl (C=O) groups is 1. The highest BCUT2D eigenvalue weighted by Crippen LogP contribution is 2.32. The topological polar surface area (TPSA) is 60.2 Å². The lowest BCUT2D eigenvalue weighted by molar-refractivity contribution is 0.0775. The molecule has 6 nitrogen and oxygen atoms in total. The van der Waals surface area contributed by atoms with Crippen molar-refractivity contribution in [3.63, 3.8) is 0 Å². The third kappa shape index (κ3) is 3.27. The fourth-order valence-corrected chi connectivity index (χ4v) is 3.18. The quantitative estimate of drug-likeness (QED) is 0.844. The number of nitrogens with zero attached hydrogens (tertiary/aromatic N) is 4. The minimum absolute atomic E-state index is 0.0317. The molecule has 0 saturated carbocycles. The summed E-state index contributed by atoms with van der Waals surface area (Å²) in [6, 6.07) is 5.92. The summed E-state index contributed by atoms with van der Waals surface area (Å²) >= 11 is 0. The monoisotopic (exact) mass is 314 g/mol. The molecule has 1 aliphatic heterocycles. The number of hydrogen-bond donors (Lipinski definition) is 0. The first-order valence-electron chi connectivity index (χ1n) is 7.94. The minimum atomic E-state index is 0.0317. The Hall–Kier alpha value is -2.21. The number of methoxy groups -OCH3 is 1. The number of hydrogen-bond acceptors (Lipinski definition) is 4. The molecule has 6 heteroatoms. The molecule has 2 aromatic rings. The summed E-state index contributed by atoms with van der Waals surface area (Å²) in [5, 5.41) is 4.19. The lowest BCUT2D eigenvalue weighted by Gasteiger charge is -2.16. The molecule has 0 bridgehead atoms. The number of pyridine rings is 1. The van der Waals surface area contributed by atoms with Gasteiger partial charge in [0.2, 0.25) is 0 Å². The number of amides is 1. The van der Waals surface area contributed by atoms with E-state index in [0.717, 1.165) is 12.2 Å². The Morgan fingerprint density at radius 2 is 2.26 bits per heavy atom. The maximum atomic E-state index is 12.7. The molecule has 1 fully saturated rings. The van der Waals surface area contributed by atoms with Crippen LogP contribution in [0.5, 0.6) is 0 Å². The van der Waals surface area contributed by atoms with E-state index in [9.17, 15) is 4.79 Å². The molecule has 0 radical (unpaired) electrons. The minimum Gasteiger partial charge on any atom is -0.384 e. The van der Waals surface area contributed by atoms with Gasteiger partial charge in [-0.15, -0.1) is 0 Å². The molecular formula is C17H22N4O2. The summed E-state index contributed by atoms with van der Waals surface area (Å²) < 4.78 is 7.12. The molecule has 0 aromatic carbocycles. The number of ether oxygens (including phenoxy) is 1. The molecule has 0 unspecified atom stereocenters.